The van der Waals surface area contributed by atoms with Gasteiger partial charge in [0.1, 0.15) is 10.5 Å². The molecule has 27 heavy (non-hydrogen) atoms. The molecule has 0 saturated heterocycles. The van der Waals surface area contributed by atoms with E-state index < -0.39 is 11.9 Å². The van der Waals surface area contributed by atoms with Gasteiger partial charge in [0.15, 0.2) is 11.2 Å². The molecular weight excluding hydrogens is 366 g/mol. The van der Waals surface area contributed by atoms with E-state index in [0.717, 1.165) is 10.8 Å². The summed E-state index contributed by atoms with van der Waals surface area (Å²) in [6, 6.07) is 15.1. The van der Waals surface area contributed by atoms with Crippen molar-refractivity contribution in [1.29, 1.82) is 0 Å². The van der Waals surface area contributed by atoms with Crippen LogP contribution in [0.15, 0.2) is 63.8 Å². The van der Waals surface area contributed by atoms with E-state index in [1.54, 1.807) is 30.3 Å². The van der Waals surface area contributed by atoms with E-state index in [1.807, 2.05) is 18.2 Å². The number of rotatable bonds is 3. The SMILES string of the molecule is COC(=O)c1sc2ccccc2c1NC(=O)c1cc(=O)c2ccccc2o1. The molecule has 2 heterocycles. The summed E-state index contributed by atoms with van der Waals surface area (Å²) in [4.78, 5) is 37.3. The molecule has 0 spiro atoms. The molecular formula is C20H13NO5S. The number of hydrogen-bond donors (Lipinski definition) is 1. The van der Waals surface area contributed by atoms with Crippen LogP contribution < -0.4 is 10.7 Å². The van der Waals surface area contributed by atoms with Gasteiger partial charge >= 0.3 is 5.97 Å². The summed E-state index contributed by atoms with van der Waals surface area (Å²) in [5, 5.41) is 3.80. The van der Waals surface area contributed by atoms with Gasteiger partial charge in [-0.3, -0.25) is 9.59 Å². The molecule has 0 aliphatic carbocycles. The van der Waals surface area contributed by atoms with Crippen molar-refractivity contribution in [1.82, 2.24) is 0 Å². The maximum absolute atomic E-state index is 12.7. The number of fused-ring (bicyclic) bond motifs is 2. The molecule has 0 radical (unpaired) electrons. The van der Waals surface area contributed by atoms with E-state index in [-0.39, 0.29) is 16.1 Å². The van der Waals surface area contributed by atoms with Crippen LogP contribution in [0.2, 0.25) is 0 Å². The first-order valence-electron chi connectivity index (χ1n) is 8.02. The summed E-state index contributed by atoms with van der Waals surface area (Å²) in [6.45, 7) is 0. The molecule has 6 nitrogen and oxygen atoms in total. The van der Waals surface area contributed by atoms with Crippen LogP contribution in [0.25, 0.3) is 21.1 Å². The zero-order chi connectivity index (χ0) is 19.0. The summed E-state index contributed by atoms with van der Waals surface area (Å²) >= 11 is 1.22. The van der Waals surface area contributed by atoms with Crippen molar-refractivity contribution < 1.29 is 18.7 Å². The van der Waals surface area contributed by atoms with Gasteiger partial charge in [0.2, 0.25) is 0 Å². The number of amides is 1. The minimum atomic E-state index is -0.619. The minimum absolute atomic E-state index is 0.134. The van der Waals surface area contributed by atoms with Gasteiger partial charge in [-0.25, -0.2) is 4.79 Å². The number of ether oxygens (including phenoxy) is 1. The normalized spacial score (nSPS) is 10.9. The molecule has 4 rings (SSSR count). The molecule has 0 saturated carbocycles. The quantitative estimate of drug-likeness (QED) is 0.543. The molecule has 2 aromatic heterocycles. The van der Waals surface area contributed by atoms with Crippen LogP contribution in [0.1, 0.15) is 20.2 Å². The number of para-hydroxylation sites is 1. The van der Waals surface area contributed by atoms with Crippen LogP contribution in [0, 0.1) is 0 Å². The molecule has 7 heteroatoms. The summed E-state index contributed by atoms with van der Waals surface area (Å²) in [5.41, 5.74) is 0.340. The zero-order valence-corrected chi connectivity index (χ0v) is 15.0. The van der Waals surface area contributed by atoms with Crippen LogP contribution in [0.3, 0.4) is 0 Å². The van der Waals surface area contributed by atoms with Gasteiger partial charge < -0.3 is 14.5 Å². The average molecular weight is 379 g/mol. The third-order valence-corrected chi connectivity index (χ3v) is 5.21. The third kappa shape index (κ3) is 2.98. The predicted molar refractivity (Wildman–Crippen MR) is 104 cm³/mol. The van der Waals surface area contributed by atoms with Crippen molar-refractivity contribution in [2.75, 3.05) is 12.4 Å². The standard InChI is InChI=1S/C20H13NO5S/c1-25-20(24)18-17(12-7-3-5-9-16(12)27-18)21-19(23)15-10-13(22)11-6-2-4-8-14(11)26-15/h2-10H,1H3,(H,21,23). The molecule has 0 aliphatic rings. The Morgan fingerprint density at radius 3 is 2.52 bits per heavy atom. The predicted octanol–water partition coefficient (Wildman–Crippen LogP) is 4.05. The van der Waals surface area contributed by atoms with E-state index in [9.17, 15) is 14.4 Å². The molecule has 0 bridgehead atoms. The lowest BCUT2D eigenvalue weighted by molar-refractivity contribution is 0.0607. The summed E-state index contributed by atoms with van der Waals surface area (Å²) < 4.78 is 11.2. The molecule has 0 unspecified atom stereocenters. The number of anilines is 1. The van der Waals surface area contributed by atoms with E-state index >= 15 is 0 Å². The van der Waals surface area contributed by atoms with Gasteiger partial charge in [-0.2, -0.15) is 0 Å². The van der Waals surface area contributed by atoms with Gasteiger partial charge in [-0.15, -0.1) is 11.3 Å². The maximum atomic E-state index is 12.7. The molecule has 0 aliphatic heterocycles. The first-order chi connectivity index (χ1) is 13.1. The van der Waals surface area contributed by atoms with Gasteiger partial charge in [0.05, 0.1) is 18.2 Å². The zero-order valence-electron chi connectivity index (χ0n) is 14.1. The van der Waals surface area contributed by atoms with Crippen molar-refractivity contribution in [3.05, 3.63) is 75.5 Å². The Morgan fingerprint density at radius 2 is 1.74 bits per heavy atom. The molecule has 1 amide bonds. The van der Waals surface area contributed by atoms with Crippen molar-refractivity contribution in [2.24, 2.45) is 0 Å². The number of benzene rings is 2. The molecule has 4 aromatic rings. The van der Waals surface area contributed by atoms with Crippen LogP contribution in [0.5, 0.6) is 0 Å². The lowest BCUT2D eigenvalue weighted by Gasteiger charge is -2.07. The Bertz CT molecular complexity index is 1250. The Hall–Kier alpha value is -3.45. The Labute approximate surface area is 157 Å². The van der Waals surface area contributed by atoms with E-state index in [1.165, 1.54) is 18.4 Å². The largest absolute Gasteiger partial charge is 0.465 e. The van der Waals surface area contributed by atoms with Crippen molar-refractivity contribution in [3.8, 4) is 0 Å². The second-order valence-corrected chi connectivity index (χ2v) is 6.77. The number of carbonyl (C=O) groups is 2. The fourth-order valence-electron chi connectivity index (χ4n) is 2.80. The van der Waals surface area contributed by atoms with Crippen LogP contribution >= 0.6 is 11.3 Å². The number of esters is 1. The molecule has 0 fully saturated rings. The van der Waals surface area contributed by atoms with E-state index in [0.29, 0.717) is 22.0 Å². The van der Waals surface area contributed by atoms with Gasteiger partial charge in [-0.05, 0) is 18.2 Å². The lowest BCUT2D eigenvalue weighted by Crippen LogP contribution is -2.16. The van der Waals surface area contributed by atoms with Crippen molar-refractivity contribution in [2.45, 2.75) is 0 Å². The number of carbonyl (C=O) groups excluding carboxylic acids is 2. The number of methoxy groups -OCH3 is 1. The highest BCUT2D eigenvalue weighted by Crippen LogP contribution is 2.36. The van der Waals surface area contributed by atoms with Crippen LogP contribution in [-0.2, 0) is 4.74 Å². The first-order valence-corrected chi connectivity index (χ1v) is 8.84. The van der Waals surface area contributed by atoms with Crippen LogP contribution in [-0.4, -0.2) is 19.0 Å². The summed E-state index contributed by atoms with van der Waals surface area (Å²) in [6.07, 6.45) is 0. The average Bonchev–Trinajstić information content (AvgIpc) is 3.06. The number of hydrogen-bond acceptors (Lipinski definition) is 6. The second kappa shape index (κ2) is 6.69. The lowest BCUT2D eigenvalue weighted by atomic mass is 10.2. The monoisotopic (exact) mass is 379 g/mol. The molecule has 0 atom stereocenters. The Balaban J connectivity index is 1.79. The summed E-state index contributed by atoms with van der Waals surface area (Å²) in [5.74, 6) is -1.30. The number of thiophene rings is 1. The fourth-order valence-corrected chi connectivity index (χ4v) is 3.87. The van der Waals surface area contributed by atoms with Gasteiger partial charge in [-0.1, -0.05) is 30.3 Å². The second-order valence-electron chi connectivity index (χ2n) is 5.72. The van der Waals surface area contributed by atoms with Gasteiger partial charge in [0, 0.05) is 16.2 Å². The van der Waals surface area contributed by atoms with Crippen molar-refractivity contribution >= 4 is 50.0 Å². The molecule has 134 valence electrons. The first kappa shape index (κ1) is 17.0. The molecule has 1 N–H and O–H groups in total. The minimum Gasteiger partial charge on any atom is -0.465 e. The van der Waals surface area contributed by atoms with Gasteiger partial charge in [0.25, 0.3) is 5.91 Å². The van der Waals surface area contributed by atoms with E-state index in [2.05, 4.69) is 5.32 Å². The molecule has 2 aromatic carbocycles. The number of nitrogens with one attached hydrogen (secondary N) is 1. The van der Waals surface area contributed by atoms with Crippen LogP contribution in [0.4, 0.5) is 5.69 Å². The topological polar surface area (TPSA) is 85.6 Å². The Morgan fingerprint density at radius 1 is 1.04 bits per heavy atom. The maximum Gasteiger partial charge on any atom is 0.350 e. The van der Waals surface area contributed by atoms with E-state index in [4.69, 9.17) is 9.15 Å². The third-order valence-electron chi connectivity index (χ3n) is 4.06. The highest BCUT2D eigenvalue weighted by atomic mass is 32.1. The summed E-state index contributed by atoms with van der Waals surface area (Å²) in [7, 11) is 1.28. The van der Waals surface area contributed by atoms with Crippen molar-refractivity contribution in [3.63, 3.8) is 0 Å². The fraction of sp³-hybridized carbons (Fsp3) is 0.0500. The smallest absolute Gasteiger partial charge is 0.350 e. The Kier molecular flexibility index (Phi) is 4.21. The highest BCUT2D eigenvalue weighted by molar-refractivity contribution is 7.21. The highest BCUT2D eigenvalue weighted by Gasteiger charge is 2.22.